The highest BCUT2D eigenvalue weighted by Gasteiger charge is 2.42. The number of carbonyl (C=O) groups excluding carboxylic acids is 1. The van der Waals surface area contributed by atoms with Gasteiger partial charge in [0.25, 0.3) is 0 Å². The van der Waals surface area contributed by atoms with Gasteiger partial charge in [0.05, 0.1) is 36.9 Å². The number of nitrogens with zero attached hydrogens (tertiary/aromatic N) is 3. The second kappa shape index (κ2) is 8.78. The van der Waals surface area contributed by atoms with Gasteiger partial charge < -0.3 is 14.8 Å². The summed E-state index contributed by atoms with van der Waals surface area (Å²) < 4.78 is 26.3. The summed E-state index contributed by atoms with van der Waals surface area (Å²) in [4.78, 5) is 14.3. The molecule has 1 aliphatic carbocycles. The number of halogens is 1. The number of piperidine rings is 1. The molecule has 1 amide bonds. The number of fused-ring (bicyclic) bond motifs is 1. The molecular weight excluding hydrogens is 423 g/mol. The SMILES string of the molecule is COC(=O)N1c2ccc(C3(C)C=NN([C@H]4CCNC[C@H]4F)C3)c(OC3CCC3)c2CC[C@@H]1C. The maximum atomic E-state index is 14.6. The smallest absolute Gasteiger partial charge is 0.414 e. The molecular formula is C25H35FN4O3. The van der Waals surface area contributed by atoms with E-state index in [9.17, 15) is 9.18 Å². The molecule has 7 nitrogen and oxygen atoms in total. The third kappa shape index (κ3) is 3.96. The van der Waals surface area contributed by atoms with Crippen molar-refractivity contribution in [1.29, 1.82) is 0 Å². The van der Waals surface area contributed by atoms with Crippen molar-refractivity contribution in [3.63, 3.8) is 0 Å². The van der Waals surface area contributed by atoms with Gasteiger partial charge in [-0.3, -0.25) is 9.91 Å². The highest BCUT2D eigenvalue weighted by Crippen LogP contribution is 2.46. The Kier molecular flexibility index (Phi) is 5.97. The molecule has 4 atom stereocenters. The largest absolute Gasteiger partial charge is 0.490 e. The highest BCUT2D eigenvalue weighted by molar-refractivity contribution is 5.91. The summed E-state index contributed by atoms with van der Waals surface area (Å²) in [6, 6.07) is 3.96. The van der Waals surface area contributed by atoms with Crippen LogP contribution in [-0.2, 0) is 16.6 Å². The number of anilines is 1. The molecule has 1 saturated carbocycles. The fourth-order valence-electron chi connectivity index (χ4n) is 5.54. The number of hydrogen-bond donors (Lipinski definition) is 1. The molecule has 3 aliphatic heterocycles. The average Bonchev–Trinajstić information content (AvgIpc) is 3.18. The van der Waals surface area contributed by atoms with Gasteiger partial charge in [-0.05, 0) is 65.0 Å². The van der Waals surface area contributed by atoms with E-state index in [-0.39, 0.29) is 24.3 Å². The van der Waals surface area contributed by atoms with Gasteiger partial charge >= 0.3 is 6.09 Å². The van der Waals surface area contributed by atoms with E-state index in [2.05, 4.69) is 30.3 Å². The van der Waals surface area contributed by atoms with Crippen LogP contribution in [0.25, 0.3) is 0 Å². The molecule has 0 radical (unpaired) electrons. The number of ether oxygens (including phenoxy) is 2. The van der Waals surface area contributed by atoms with Crippen molar-refractivity contribution in [1.82, 2.24) is 10.3 Å². The molecule has 0 aromatic heterocycles. The van der Waals surface area contributed by atoms with Crippen molar-refractivity contribution >= 4 is 18.0 Å². The Morgan fingerprint density at radius 3 is 2.79 bits per heavy atom. The number of hydrogen-bond acceptors (Lipinski definition) is 6. The minimum Gasteiger partial charge on any atom is -0.490 e. The van der Waals surface area contributed by atoms with Crippen LogP contribution in [0.5, 0.6) is 5.75 Å². The van der Waals surface area contributed by atoms with Crippen molar-refractivity contribution in [3.05, 3.63) is 23.3 Å². The van der Waals surface area contributed by atoms with E-state index >= 15 is 0 Å². The number of benzene rings is 1. The van der Waals surface area contributed by atoms with Crippen LogP contribution in [0.4, 0.5) is 14.9 Å². The van der Waals surface area contributed by atoms with Gasteiger partial charge in [-0.1, -0.05) is 6.07 Å². The second-order valence-electron chi connectivity index (χ2n) is 10.2. The molecule has 1 saturated heterocycles. The van der Waals surface area contributed by atoms with Gasteiger partial charge in [0.15, 0.2) is 0 Å². The summed E-state index contributed by atoms with van der Waals surface area (Å²) in [6.45, 7) is 6.02. The van der Waals surface area contributed by atoms with Crippen molar-refractivity contribution in [2.45, 2.75) is 82.1 Å². The first-order chi connectivity index (χ1) is 15.9. The van der Waals surface area contributed by atoms with E-state index in [1.165, 1.54) is 13.5 Å². The monoisotopic (exact) mass is 458 g/mol. The van der Waals surface area contributed by atoms with Crippen LogP contribution in [0.3, 0.4) is 0 Å². The van der Waals surface area contributed by atoms with Crippen LogP contribution < -0.4 is 15.0 Å². The number of alkyl halides is 1. The zero-order chi connectivity index (χ0) is 23.2. The third-order valence-electron chi connectivity index (χ3n) is 7.81. The quantitative estimate of drug-likeness (QED) is 0.744. The standard InChI is InChI=1S/C25H35FN4O3/c1-16-7-8-18-21(30(16)24(31)32-3)10-9-19(23(18)33-17-5-4-6-17)25(2)14-28-29(15-25)22-11-12-27-13-20(22)26/h9-10,14,16-17,20,22,27H,4-8,11-13,15H2,1-3H3/t16-,20+,22-,25?/m0/s1. The summed E-state index contributed by atoms with van der Waals surface area (Å²) in [5, 5.41) is 9.73. The van der Waals surface area contributed by atoms with Crippen LogP contribution in [0.15, 0.2) is 17.2 Å². The number of carbonyl (C=O) groups is 1. The predicted molar refractivity (Wildman–Crippen MR) is 126 cm³/mol. The van der Waals surface area contributed by atoms with E-state index in [0.29, 0.717) is 13.1 Å². The Labute approximate surface area is 195 Å². The lowest BCUT2D eigenvalue weighted by Crippen LogP contribution is -2.50. The number of hydrazone groups is 1. The first-order valence-electron chi connectivity index (χ1n) is 12.3. The minimum atomic E-state index is -0.928. The van der Waals surface area contributed by atoms with Gasteiger partial charge in [0.2, 0.25) is 0 Å². The molecule has 1 N–H and O–H groups in total. The maximum Gasteiger partial charge on any atom is 0.414 e. The number of amides is 1. The van der Waals surface area contributed by atoms with E-state index in [1.54, 1.807) is 4.90 Å². The fourth-order valence-corrected chi connectivity index (χ4v) is 5.54. The highest BCUT2D eigenvalue weighted by atomic mass is 19.1. The van der Waals surface area contributed by atoms with Gasteiger partial charge in [-0.2, -0.15) is 5.10 Å². The number of nitrogens with one attached hydrogen (secondary N) is 1. The molecule has 2 fully saturated rings. The lowest BCUT2D eigenvalue weighted by Gasteiger charge is -2.39. The molecule has 1 aromatic rings. The summed E-state index contributed by atoms with van der Waals surface area (Å²) in [6.07, 6.45) is 6.62. The molecule has 0 bridgehead atoms. The summed E-state index contributed by atoms with van der Waals surface area (Å²) in [5.74, 6) is 0.885. The first-order valence-corrected chi connectivity index (χ1v) is 12.3. The van der Waals surface area contributed by atoms with Crippen molar-refractivity contribution in [2.75, 3.05) is 31.6 Å². The van der Waals surface area contributed by atoms with Crippen molar-refractivity contribution in [2.24, 2.45) is 5.10 Å². The topological polar surface area (TPSA) is 66.4 Å². The van der Waals surface area contributed by atoms with Gasteiger partial charge in [0, 0.05) is 29.9 Å². The molecule has 3 heterocycles. The Morgan fingerprint density at radius 2 is 2.09 bits per heavy atom. The fraction of sp³-hybridized carbons (Fsp3) is 0.680. The van der Waals surface area contributed by atoms with E-state index in [0.717, 1.165) is 61.2 Å². The van der Waals surface area contributed by atoms with Crippen molar-refractivity contribution in [3.8, 4) is 5.75 Å². The molecule has 33 heavy (non-hydrogen) atoms. The van der Waals surface area contributed by atoms with Crippen LogP contribution in [0, 0.1) is 0 Å². The first kappa shape index (κ1) is 22.4. The van der Waals surface area contributed by atoms with Crippen LogP contribution in [-0.4, -0.2) is 68.4 Å². The van der Waals surface area contributed by atoms with Gasteiger partial charge in [0.1, 0.15) is 11.9 Å². The van der Waals surface area contributed by atoms with E-state index in [1.807, 2.05) is 17.3 Å². The average molecular weight is 459 g/mol. The molecule has 1 unspecified atom stereocenters. The van der Waals surface area contributed by atoms with Crippen LogP contribution in [0.2, 0.25) is 0 Å². The molecule has 0 spiro atoms. The van der Waals surface area contributed by atoms with Crippen LogP contribution >= 0.6 is 0 Å². The summed E-state index contributed by atoms with van der Waals surface area (Å²) in [7, 11) is 1.42. The Morgan fingerprint density at radius 1 is 1.27 bits per heavy atom. The maximum absolute atomic E-state index is 14.6. The van der Waals surface area contributed by atoms with Crippen molar-refractivity contribution < 1.29 is 18.7 Å². The van der Waals surface area contributed by atoms with Gasteiger partial charge in [-0.25, -0.2) is 9.18 Å². The zero-order valence-corrected chi connectivity index (χ0v) is 19.8. The van der Waals surface area contributed by atoms with Gasteiger partial charge in [-0.15, -0.1) is 0 Å². The Hall–Kier alpha value is -2.35. The lowest BCUT2D eigenvalue weighted by atomic mass is 9.80. The minimum absolute atomic E-state index is 0.0628. The lowest BCUT2D eigenvalue weighted by molar-refractivity contribution is 0.0871. The predicted octanol–water partition coefficient (Wildman–Crippen LogP) is 3.78. The Balaban J connectivity index is 1.51. The molecule has 8 heteroatoms. The van der Waals surface area contributed by atoms with E-state index in [4.69, 9.17) is 9.47 Å². The number of rotatable bonds is 4. The summed E-state index contributed by atoms with van der Waals surface area (Å²) >= 11 is 0. The van der Waals surface area contributed by atoms with E-state index < -0.39 is 11.6 Å². The zero-order valence-electron chi connectivity index (χ0n) is 19.8. The molecule has 4 aliphatic rings. The molecule has 5 rings (SSSR count). The second-order valence-corrected chi connectivity index (χ2v) is 10.2. The number of methoxy groups -OCH3 is 1. The molecule has 180 valence electrons. The summed E-state index contributed by atoms with van der Waals surface area (Å²) in [5.41, 5.74) is 2.62. The Bertz CT molecular complexity index is 936. The van der Waals surface area contributed by atoms with Crippen LogP contribution in [0.1, 0.15) is 57.1 Å². The normalized spacial score (nSPS) is 31.8. The third-order valence-corrected chi connectivity index (χ3v) is 7.81. The molecule has 1 aromatic carbocycles.